The highest BCUT2D eigenvalue weighted by Crippen LogP contribution is 2.30. The van der Waals surface area contributed by atoms with E-state index in [1.54, 1.807) is 0 Å². The summed E-state index contributed by atoms with van der Waals surface area (Å²) < 4.78 is 7.35. The molecule has 37 heavy (non-hydrogen) atoms. The first kappa shape index (κ1) is 28.9. The molecule has 4 rings (SSSR count). The maximum absolute atomic E-state index is 11.3. The lowest BCUT2D eigenvalue weighted by atomic mass is 10.2. The van der Waals surface area contributed by atoms with Crippen LogP contribution in [0, 0.1) is 5.92 Å². The lowest BCUT2D eigenvalue weighted by Crippen LogP contribution is -2.37. The Bertz CT molecular complexity index is 1230. The van der Waals surface area contributed by atoms with Crippen molar-refractivity contribution in [3.8, 4) is 11.4 Å². The molecule has 0 radical (unpaired) electrons. The zero-order chi connectivity index (χ0) is 27.7. The van der Waals surface area contributed by atoms with Gasteiger partial charge in [-0.15, -0.1) is 0 Å². The van der Waals surface area contributed by atoms with Crippen LogP contribution in [0.4, 0.5) is 15.4 Å². The minimum absolute atomic E-state index is 0.0591. The van der Waals surface area contributed by atoms with Gasteiger partial charge in [0.1, 0.15) is 0 Å². The van der Waals surface area contributed by atoms with Crippen LogP contribution in [0.2, 0.25) is 5.28 Å². The third-order valence-corrected chi connectivity index (χ3v) is 4.81. The van der Waals surface area contributed by atoms with E-state index in [1.807, 2.05) is 4.57 Å². The molecule has 0 unspecified atom stereocenters. The lowest BCUT2D eigenvalue weighted by Gasteiger charge is -2.28. The Morgan fingerprint density at radius 3 is 2.05 bits per heavy atom. The van der Waals surface area contributed by atoms with E-state index in [-0.39, 0.29) is 5.82 Å². The molecule has 0 spiro atoms. The Hall–Kier alpha value is -4.31. The molecule has 1 aliphatic rings. The van der Waals surface area contributed by atoms with Crippen molar-refractivity contribution in [3.05, 3.63) is 23.5 Å². The fraction of sp³-hybridized carbons (Fsp3) is 0.400. The number of halogens is 1. The fourth-order valence-corrected chi connectivity index (χ4v) is 3.42. The average molecular weight is 541 g/mol. The molecule has 16 nitrogen and oxygen atoms in total. The van der Waals surface area contributed by atoms with Crippen molar-refractivity contribution in [3.63, 3.8) is 0 Å². The van der Waals surface area contributed by atoms with Crippen LogP contribution < -0.4 is 10.6 Å². The first-order chi connectivity index (χ1) is 17.4. The van der Waals surface area contributed by atoms with Crippen LogP contribution in [0.5, 0.6) is 0 Å². The Labute approximate surface area is 214 Å². The second kappa shape index (κ2) is 13.1. The number of ether oxygens (including phenoxy) is 1. The molecule has 200 valence electrons. The number of primary amides is 1. The normalized spacial score (nSPS) is 12.8. The number of rotatable bonds is 5. The monoisotopic (exact) mass is 540 g/mol. The number of morpholine rings is 1. The second-order valence-corrected chi connectivity index (χ2v) is 8.09. The molecule has 0 aliphatic carbocycles. The Morgan fingerprint density at radius 2 is 1.57 bits per heavy atom. The van der Waals surface area contributed by atoms with Crippen molar-refractivity contribution in [2.24, 2.45) is 11.7 Å². The molecule has 6 N–H and O–H groups in total. The second-order valence-electron chi connectivity index (χ2n) is 7.75. The third-order valence-electron chi connectivity index (χ3n) is 4.52. The molecule has 1 aliphatic heterocycles. The zero-order valence-corrected chi connectivity index (χ0v) is 20.5. The van der Waals surface area contributed by atoms with Crippen molar-refractivity contribution in [2.75, 3.05) is 31.2 Å². The number of hydrogen-bond acceptors (Lipinski definition) is 10. The summed E-state index contributed by atoms with van der Waals surface area (Å²) in [7, 11) is 0. The predicted molar refractivity (Wildman–Crippen MR) is 129 cm³/mol. The van der Waals surface area contributed by atoms with E-state index in [4.69, 9.17) is 62.1 Å². The number of imidazole rings is 1. The van der Waals surface area contributed by atoms with Crippen LogP contribution in [-0.4, -0.2) is 94.4 Å². The van der Waals surface area contributed by atoms with Gasteiger partial charge in [0, 0.05) is 32.0 Å². The molecule has 0 atom stereocenters. The molecule has 0 aromatic carbocycles. The summed E-state index contributed by atoms with van der Waals surface area (Å²) in [5, 5.41) is 28.3. The van der Waals surface area contributed by atoms with E-state index in [9.17, 15) is 4.79 Å². The molecule has 17 heteroatoms. The summed E-state index contributed by atoms with van der Waals surface area (Å²) in [6.45, 7) is 7.47. The minimum Gasteiger partial charge on any atom is -0.450 e. The molecule has 3 aromatic rings. The number of anilines is 1. The standard InChI is InChI=1S/C18H21ClN8O2.2CH2O3/c1-10(2)9-27-17-12(23-18(27)19)16(26-3-5-29-6-4-26)24-14(25-17)11-7-21-15(13(20)28)22-8-11;2*2-1(3)4/h7-8,10H,3-6,9H2,1-2H3,(H2,20,28);2*(H2,2,3,4). The Balaban J connectivity index is 0.000000530. The van der Waals surface area contributed by atoms with Gasteiger partial charge in [0.2, 0.25) is 11.1 Å². The summed E-state index contributed by atoms with van der Waals surface area (Å²) in [4.78, 5) is 52.5. The molecule has 3 aromatic heterocycles. The molecule has 1 saturated heterocycles. The number of amides is 1. The highest BCUT2D eigenvalue weighted by Gasteiger charge is 2.23. The largest absolute Gasteiger partial charge is 0.503 e. The van der Waals surface area contributed by atoms with E-state index in [0.717, 1.165) is 0 Å². The molecule has 1 fully saturated rings. The van der Waals surface area contributed by atoms with Gasteiger partial charge < -0.3 is 35.8 Å². The smallest absolute Gasteiger partial charge is 0.450 e. The number of carbonyl (C=O) groups is 3. The quantitative estimate of drug-likeness (QED) is 0.290. The van der Waals surface area contributed by atoms with Gasteiger partial charge in [0.05, 0.1) is 18.8 Å². The van der Waals surface area contributed by atoms with Crippen LogP contribution in [0.15, 0.2) is 12.4 Å². The van der Waals surface area contributed by atoms with Gasteiger partial charge in [-0.05, 0) is 17.5 Å². The predicted octanol–water partition coefficient (Wildman–Crippen LogP) is 1.97. The van der Waals surface area contributed by atoms with Gasteiger partial charge in [-0.1, -0.05) is 13.8 Å². The number of nitrogens with two attached hydrogens (primary N) is 1. The third kappa shape index (κ3) is 8.39. The maximum Gasteiger partial charge on any atom is 0.503 e. The molecule has 4 heterocycles. The molecule has 0 bridgehead atoms. The number of fused-ring (bicyclic) bond motifs is 1. The Morgan fingerprint density at radius 1 is 1.03 bits per heavy atom. The number of carboxylic acid groups (broad SMARTS) is 4. The number of nitrogens with zero attached hydrogens (tertiary/aromatic N) is 7. The number of aromatic nitrogens is 6. The van der Waals surface area contributed by atoms with Crippen molar-refractivity contribution in [1.29, 1.82) is 0 Å². The summed E-state index contributed by atoms with van der Waals surface area (Å²) in [6.07, 6.45) is -0.690. The highest BCUT2D eigenvalue weighted by atomic mass is 35.5. The van der Waals surface area contributed by atoms with Crippen LogP contribution in [0.25, 0.3) is 22.6 Å². The molecular formula is C20H25ClN8O8. The SMILES string of the molecule is CC(C)Cn1c(Cl)nc2c(N3CCOCC3)nc(-c3cnc(C(N)=O)nc3)nc21.O=C(O)O.O=C(O)O. The van der Waals surface area contributed by atoms with E-state index in [1.165, 1.54) is 12.4 Å². The first-order valence-corrected chi connectivity index (χ1v) is 11.0. The molecule has 0 saturated carbocycles. The zero-order valence-electron chi connectivity index (χ0n) is 19.8. The van der Waals surface area contributed by atoms with Crippen molar-refractivity contribution >= 4 is 46.8 Å². The van der Waals surface area contributed by atoms with E-state index < -0.39 is 18.2 Å². The number of hydrogen-bond donors (Lipinski definition) is 5. The maximum atomic E-state index is 11.3. The van der Waals surface area contributed by atoms with Crippen LogP contribution >= 0.6 is 11.6 Å². The van der Waals surface area contributed by atoms with E-state index >= 15 is 0 Å². The fourth-order valence-electron chi connectivity index (χ4n) is 3.18. The van der Waals surface area contributed by atoms with Gasteiger partial charge in [-0.25, -0.2) is 34.5 Å². The van der Waals surface area contributed by atoms with Gasteiger partial charge in [-0.3, -0.25) is 9.36 Å². The van der Waals surface area contributed by atoms with Crippen molar-refractivity contribution < 1.29 is 39.5 Å². The highest BCUT2D eigenvalue weighted by molar-refractivity contribution is 6.29. The summed E-state index contributed by atoms with van der Waals surface area (Å²) in [5.74, 6) is 0.724. The Kier molecular flexibility index (Phi) is 10.3. The van der Waals surface area contributed by atoms with Crippen LogP contribution in [-0.2, 0) is 11.3 Å². The average Bonchev–Trinajstić information content (AvgIpc) is 3.13. The first-order valence-electron chi connectivity index (χ1n) is 10.6. The van der Waals surface area contributed by atoms with Crippen LogP contribution in [0.3, 0.4) is 0 Å². The van der Waals surface area contributed by atoms with E-state index in [0.29, 0.717) is 72.4 Å². The van der Waals surface area contributed by atoms with Gasteiger partial charge in [-0.2, -0.15) is 0 Å². The minimum atomic E-state index is -1.83. The molecule has 1 amide bonds. The summed E-state index contributed by atoms with van der Waals surface area (Å²) in [5.41, 5.74) is 7.09. The topological polar surface area (TPSA) is 240 Å². The summed E-state index contributed by atoms with van der Waals surface area (Å²) >= 11 is 6.44. The van der Waals surface area contributed by atoms with Crippen LogP contribution in [0.1, 0.15) is 24.5 Å². The lowest BCUT2D eigenvalue weighted by molar-refractivity contribution is 0.0989. The van der Waals surface area contributed by atoms with Gasteiger partial charge >= 0.3 is 12.3 Å². The van der Waals surface area contributed by atoms with Gasteiger partial charge in [0.15, 0.2) is 22.8 Å². The van der Waals surface area contributed by atoms with E-state index in [2.05, 4.69) is 33.7 Å². The number of carbonyl (C=O) groups excluding carboxylic acids is 1. The van der Waals surface area contributed by atoms with Gasteiger partial charge in [0.25, 0.3) is 5.91 Å². The van der Waals surface area contributed by atoms with Crippen molar-refractivity contribution in [2.45, 2.75) is 20.4 Å². The van der Waals surface area contributed by atoms with Crippen molar-refractivity contribution in [1.82, 2.24) is 29.5 Å². The summed E-state index contributed by atoms with van der Waals surface area (Å²) in [6, 6.07) is 0. The molecular weight excluding hydrogens is 516 g/mol.